The molecule has 0 aliphatic rings. The Labute approximate surface area is 106 Å². The van der Waals surface area contributed by atoms with Crippen molar-refractivity contribution < 1.29 is 24.6 Å². The van der Waals surface area contributed by atoms with Crippen LogP contribution in [0.15, 0.2) is 0 Å². The second-order valence-electron chi connectivity index (χ2n) is 3.52. The van der Waals surface area contributed by atoms with E-state index >= 15 is 0 Å². The van der Waals surface area contributed by atoms with Crippen LogP contribution in [0.2, 0.25) is 0 Å². The van der Waals surface area contributed by atoms with E-state index in [0.717, 1.165) is 4.80 Å². The van der Waals surface area contributed by atoms with Crippen molar-refractivity contribution in [2.45, 2.75) is 18.9 Å². The first-order valence-corrected chi connectivity index (χ1v) is 5.14. The van der Waals surface area contributed by atoms with Gasteiger partial charge in [-0.1, -0.05) is 5.10 Å². The summed E-state index contributed by atoms with van der Waals surface area (Å²) in [6, 6.07) is -2.17. The summed E-state index contributed by atoms with van der Waals surface area (Å²) >= 11 is 0. The fraction of sp³-hybridized carbons (Fsp3) is 0.500. The van der Waals surface area contributed by atoms with E-state index in [0.29, 0.717) is 0 Å². The van der Waals surface area contributed by atoms with Gasteiger partial charge in [0.25, 0.3) is 5.95 Å². The Hall–Kier alpha value is -2.72. The average molecular weight is 272 g/mol. The lowest BCUT2D eigenvalue weighted by atomic mass is 10.1. The van der Waals surface area contributed by atoms with Gasteiger partial charge in [-0.25, -0.2) is 9.59 Å². The molecule has 0 saturated carbocycles. The van der Waals surface area contributed by atoms with Crippen LogP contribution in [0.3, 0.4) is 0 Å². The quantitative estimate of drug-likeness (QED) is 0.494. The molecule has 11 nitrogen and oxygen atoms in total. The minimum atomic E-state index is -1.33. The zero-order chi connectivity index (χ0) is 14.4. The molecule has 0 saturated heterocycles. The normalized spacial score (nSPS) is 11.6. The van der Waals surface area contributed by atoms with Crippen molar-refractivity contribution in [3.8, 4) is 0 Å². The topological polar surface area (TPSA) is 159 Å². The fourth-order valence-electron chi connectivity index (χ4n) is 1.16. The molecule has 1 heterocycles. The molecule has 0 spiro atoms. The van der Waals surface area contributed by atoms with Crippen LogP contribution in [0, 0.1) is 0 Å². The maximum absolute atomic E-state index is 11.4. The number of hydrogen-bond acceptors (Lipinski definition) is 6. The van der Waals surface area contributed by atoms with E-state index in [1.165, 1.54) is 7.05 Å². The number of aliphatic carboxylic acids is 2. The number of carbonyl (C=O) groups is 3. The second-order valence-corrected chi connectivity index (χ2v) is 3.52. The minimum Gasteiger partial charge on any atom is -0.481 e. The lowest BCUT2D eigenvalue weighted by Gasteiger charge is -2.12. The van der Waals surface area contributed by atoms with Gasteiger partial charge in [-0.05, 0) is 11.6 Å². The zero-order valence-corrected chi connectivity index (χ0v) is 9.90. The second kappa shape index (κ2) is 6.28. The third kappa shape index (κ3) is 4.97. The van der Waals surface area contributed by atoms with Gasteiger partial charge in [0, 0.05) is 6.42 Å². The predicted molar refractivity (Wildman–Crippen MR) is 59.2 cm³/mol. The minimum absolute atomic E-state index is 0.0950. The predicted octanol–water partition coefficient (Wildman–Crippen LogP) is -1.35. The highest BCUT2D eigenvalue weighted by Gasteiger charge is 2.21. The molecule has 0 radical (unpaired) electrons. The standard InChI is InChI=1S/C8H12N6O5/c1-14-12-7(11-13-14)10-8(19)9-4(6(17)18)2-3-5(15)16/h4H,2-3H2,1H3,(H,15,16)(H,17,18)(H2,9,10,12,19)/t4-/m0/s1. The van der Waals surface area contributed by atoms with Gasteiger partial charge in [-0.3, -0.25) is 10.1 Å². The molecular formula is C8H12N6O5. The van der Waals surface area contributed by atoms with Crippen molar-refractivity contribution in [1.82, 2.24) is 25.5 Å². The molecule has 2 amide bonds. The maximum Gasteiger partial charge on any atom is 0.326 e. The molecule has 1 rings (SSSR count). The van der Waals surface area contributed by atoms with Crippen LogP contribution in [0.4, 0.5) is 10.7 Å². The summed E-state index contributed by atoms with van der Waals surface area (Å²) in [7, 11) is 1.49. The van der Waals surface area contributed by atoms with Crippen LogP contribution in [-0.2, 0) is 16.6 Å². The number of hydrogen-bond donors (Lipinski definition) is 4. The van der Waals surface area contributed by atoms with Gasteiger partial charge < -0.3 is 15.5 Å². The first kappa shape index (κ1) is 14.3. The fourth-order valence-corrected chi connectivity index (χ4v) is 1.16. The Bertz CT molecular complexity index is 486. The van der Waals surface area contributed by atoms with Gasteiger partial charge in [-0.15, -0.1) is 5.10 Å². The molecule has 1 aromatic rings. The number of carboxylic acid groups (broad SMARTS) is 2. The Morgan fingerprint density at radius 2 is 2.05 bits per heavy atom. The number of aryl methyl sites for hydroxylation is 1. The summed E-state index contributed by atoms with van der Waals surface area (Å²) in [5.41, 5.74) is 0. The molecule has 19 heavy (non-hydrogen) atoms. The lowest BCUT2D eigenvalue weighted by Crippen LogP contribution is -2.43. The van der Waals surface area contributed by atoms with Crippen LogP contribution in [0.5, 0.6) is 0 Å². The molecule has 4 N–H and O–H groups in total. The van der Waals surface area contributed by atoms with E-state index in [1.54, 1.807) is 0 Å². The Morgan fingerprint density at radius 3 is 2.53 bits per heavy atom. The van der Waals surface area contributed by atoms with Gasteiger partial charge in [-0.2, -0.15) is 4.80 Å². The summed E-state index contributed by atoms with van der Waals surface area (Å²) < 4.78 is 0. The molecule has 0 aliphatic carbocycles. The summed E-state index contributed by atoms with van der Waals surface area (Å²) in [4.78, 5) is 33.7. The van der Waals surface area contributed by atoms with E-state index in [4.69, 9.17) is 10.2 Å². The van der Waals surface area contributed by atoms with E-state index < -0.39 is 24.0 Å². The number of nitrogens with one attached hydrogen (secondary N) is 2. The average Bonchev–Trinajstić information content (AvgIpc) is 2.69. The summed E-state index contributed by atoms with van der Waals surface area (Å²) in [6.07, 6.45) is -0.605. The number of anilines is 1. The molecule has 0 bridgehead atoms. The molecule has 0 fully saturated rings. The number of aromatic nitrogens is 4. The number of rotatable bonds is 6. The highest BCUT2D eigenvalue weighted by molar-refractivity contribution is 5.90. The van der Waals surface area contributed by atoms with Crippen molar-refractivity contribution in [1.29, 1.82) is 0 Å². The number of nitrogens with zero attached hydrogens (tertiary/aromatic N) is 4. The van der Waals surface area contributed by atoms with Crippen LogP contribution in [-0.4, -0.2) is 54.4 Å². The Kier molecular flexibility index (Phi) is 4.74. The third-order valence-corrected chi connectivity index (χ3v) is 1.98. The van der Waals surface area contributed by atoms with Gasteiger partial charge in [0.1, 0.15) is 6.04 Å². The number of amides is 2. The smallest absolute Gasteiger partial charge is 0.326 e. The molecular weight excluding hydrogens is 260 g/mol. The van der Waals surface area contributed by atoms with Gasteiger partial charge in [0.15, 0.2) is 0 Å². The molecule has 0 aromatic carbocycles. The van der Waals surface area contributed by atoms with E-state index in [2.05, 4.69) is 26.0 Å². The van der Waals surface area contributed by atoms with Gasteiger partial charge >= 0.3 is 18.0 Å². The highest BCUT2D eigenvalue weighted by atomic mass is 16.4. The molecule has 1 aromatic heterocycles. The third-order valence-electron chi connectivity index (χ3n) is 1.98. The van der Waals surface area contributed by atoms with Gasteiger partial charge in [0.05, 0.1) is 7.05 Å². The molecule has 0 aliphatic heterocycles. The van der Waals surface area contributed by atoms with E-state index in [9.17, 15) is 14.4 Å². The molecule has 1 atom stereocenters. The first-order valence-electron chi connectivity index (χ1n) is 5.14. The SMILES string of the molecule is Cn1nnc(NC(=O)N[C@@H](CCC(=O)O)C(=O)O)n1. The summed E-state index contributed by atoms with van der Waals surface area (Å²) in [5.74, 6) is -2.57. The summed E-state index contributed by atoms with van der Waals surface area (Å²) in [5, 5.41) is 32.1. The van der Waals surface area contributed by atoms with Gasteiger partial charge in [0.2, 0.25) is 0 Å². The Morgan fingerprint density at radius 1 is 1.37 bits per heavy atom. The zero-order valence-electron chi connectivity index (χ0n) is 9.90. The largest absolute Gasteiger partial charge is 0.481 e. The number of tetrazole rings is 1. The number of carboxylic acids is 2. The van der Waals surface area contributed by atoms with Crippen LogP contribution >= 0.6 is 0 Å². The molecule has 11 heteroatoms. The van der Waals surface area contributed by atoms with Crippen molar-refractivity contribution in [3.05, 3.63) is 0 Å². The van der Waals surface area contributed by atoms with E-state index in [-0.39, 0.29) is 18.8 Å². The highest BCUT2D eigenvalue weighted by Crippen LogP contribution is 1.99. The lowest BCUT2D eigenvalue weighted by molar-refractivity contribution is -0.140. The van der Waals surface area contributed by atoms with Crippen LogP contribution < -0.4 is 10.6 Å². The Balaban J connectivity index is 2.51. The van der Waals surface area contributed by atoms with E-state index in [1.807, 2.05) is 0 Å². The monoisotopic (exact) mass is 272 g/mol. The molecule has 104 valence electrons. The summed E-state index contributed by atoms with van der Waals surface area (Å²) in [6.45, 7) is 0. The van der Waals surface area contributed by atoms with Crippen LogP contribution in [0.1, 0.15) is 12.8 Å². The number of urea groups is 1. The van der Waals surface area contributed by atoms with Crippen molar-refractivity contribution in [2.24, 2.45) is 7.05 Å². The van der Waals surface area contributed by atoms with Crippen molar-refractivity contribution in [2.75, 3.05) is 5.32 Å². The first-order chi connectivity index (χ1) is 8.88. The van der Waals surface area contributed by atoms with Crippen molar-refractivity contribution in [3.63, 3.8) is 0 Å². The molecule has 0 unspecified atom stereocenters. The maximum atomic E-state index is 11.4. The number of carbonyl (C=O) groups excluding carboxylic acids is 1. The van der Waals surface area contributed by atoms with Crippen LogP contribution in [0.25, 0.3) is 0 Å². The van der Waals surface area contributed by atoms with Crippen molar-refractivity contribution >= 4 is 23.9 Å².